The fourth-order valence-corrected chi connectivity index (χ4v) is 3.79. The van der Waals surface area contributed by atoms with E-state index in [4.69, 9.17) is 9.72 Å². The summed E-state index contributed by atoms with van der Waals surface area (Å²) in [6, 6.07) is 0.0133. The SMILES string of the molecule is CCCCNC(=O)N1CCc2nc(C)nc(N3CC(C)OC(C)C3)c2C1. The van der Waals surface area contributed by atoms with Gasteiger partial charge in [0.2, 0.25) is 0 Å². The van der Waals surface area contributed by atoms with Gasteiger partial charge in [-0.3, -0.25) is 0 Å². The fraction of sp³-hybridized carbons (Fsp3) is 0.737. The smallest absolute Gasteiger partial charge is 0.317 e. The quantitative estimate of drug-likeness (QED) is 0.833. The van der Waals surface area contributed by atoms with E-state index in [2.05, 4.69) is 36.0 Å². The number of carbonyl (C=O) groups excluding carboxylic acids is 1. The average molecular weight is 361 g/mol. The van der Waals surface area contributed by atoms with Crippen LogP contribution >= 0.6 is 0 Å². The summed E-state index contributed by atoms with van der Waals surface area (Å²) in [5.74, 6) is 1.77. The molecule has 26 heavy (non-hydrogen) atoms. The number of anilines is 1. The molecule has 1 N–H and O–H groups in total. The molecule has 2 atom stereocenters. The molecule has 2 unspecified atom stereocenters. The molecule has 0 bridgehead atoms. The molecule has 2 aliphatic rings. The topological polar surface area (TPSA) is 70.6 Å². The molecule has 3 rings (SSSR count). The number of hydrogen-bond donors (Lipinski definition) is 1. The predicted molar refractivity (Wildman–Crippen MR) is 101 cm³/mol. The molecule has 7 nitrogen and oxygen atoms in total. The van der Waals surface area contributed by atoms with E-state index in [1.807, 2.05) is 11.8 Å². The molecule has 0 radical (unpaired) electrons. The van der Waals surface area contributed by atoms with Gasteiger partial charge in [-0.05, 0) is 27.2 Å². The maximum atomic E-state index is 12.5. The summed E-state index contributed by atoms with van der Waals surface area (Å²) in [6.45, 7) is 11.9. The molecule has 1 saturated heterocycles. The Bertz CT molecular complexity index is 641. The molecule has 144 valence electrons. The minimum atomic E-state index is 0.0133. The van der Waals surface area contributed by atoms with Gasteiger partial charge in [0.05, 0.1) is 24.4 Å². The molecule has 2 amide bonds. The highest BCUT2D eigenvalue weighted by Gasteiger charge is 2.30. The molecule has 7 heteroatoms. The van der Waals surface area contributed by atoms with Gasteiger partial charge in [0.25, 0.3) is 0 Å². The van der Waals surface area contributed by atoms with Gasteiger partial charge in [0, 0.05) is 38.2 Å². The lowest BCUT2D eigenvalue weighted by molar-refractivity contribution is -0.00558. The number of urea groups is 1. The van der Waals surface area contributed by atoms with Crippen LogP contribution in [0.15, 0.2) is 0 Å². The maximum absolute atomic E-state index is 12.5. The van der Waals surface area contributed by atoms with Crippen LogP contribution in [-0.2, 0) is 17.7 Å². The molecule has 0 spiro atoms. The molecular formula is C19H31N5O2. The van der Waals surface area contributed by atoms with Crippen LogP contribution in [0.25, 0.3) is 0 Å². The Morgan fingerprint density at radius 3 is 2.69 bits per heavy atom. The standard InChI is InChI=1S/C19H31N5O2/c1-5-6-8-20-19(25)23-9-7-17-16(12-23)18(22-15(4)21-17)24-10-13(2)26-14(3)11-24/h13-14H,5-12H2,1-4H3,(H,20,25). The van der Waals surface area contributed by atoms with Gasteiger partial charge in [-0.25, -0.2) is 14.8 Å². The Labute approximate surface area is 156 Å². The van der Waals surface area contributed by atoms with Gasteiger partial charge in [-0.2, -0.15) is 0 Å². The number of carbonyl (C=O) groups is 1. The van der Waals surface area contributed by atoms with Crippen molar-refractivity contribution < 1.29 is 9.53 Å². The molecule has 0 aliphatic carbocycles. The van der Waals surface area contributed by atoms with E-state index in [1.165, 1.54) is 0 Å². The lowest BCUT2D eigenvalue weighted by atomic mass is 10.0. The molecular weight excluding hydrogens is 330 g/mol. The minimum absolute atomic E-state index is 0.0133. The van der Waals surface area contributed by atoms with Crippen molar-refractivity contribution in [1.82, 2.24) is 20.2 Å². The molecule has 1 fully saturated rings. The molecule has 3 heterocycles. The van der Waals surface area contributed by atoms with Crippen molar-refractivity contribution in [2.24, 2.45) is 0 Å². The lowest BCUT2D eigenvalue weighted by Gasteiger charge is -2.38. The van der Waals surface area contributed by atoms with Crippen molar-refractivity contribution >= 4 is 11.8 Å². The van der Waals surface area contributed by atoms with Crippen LogP contribution in [0, 0.1) is 6.92 Å². The van der Waals surface area contributed by atoms with Gasteiger partial charge in [-0.15, -0.1) is 0 Å². The maximum Gasteiger partial charge on any atom is 0.317 e. The molecule has 1 aromatic rings. The van der Waals surface area contributed by atoms with Crippen molar-refractivity contribution in [3.8, 4) is 0 Å². The second kappa shape index (κ2) is 8.20. The van der Waals surface area contributed by atoms with E-state index >= 15 is 0 Å². The minimum Gasteiger partial charge on any atom is -0.372 e. The van der Waals surface area contributed by atoms with Crippen LogP contribution in [0.1, 0.15) is 50.7 Å². The van der Waals surface area contributed by atoms with E-state index in [0.717, 1.165) is 61.8 Å². The highest BCUT2D eigenvalue weighted by molar-refractivity contribution is 5.75. The van der Waals surface area contributed by atoms with E-state index in [-0.39, 0.29) is 18.2 Å². The number of ether oxygens (including phenoxy) is 1. The Balaban J connectivity index is 1.81. The van der Waals surface area contributed by atoms with E-state index in [9.17, 15) is 4.79 Å². The van der Waals surface area contributed by atoms with Crippen molar-refractivity contribution in [2.75, 3.05) is 31.1 Å². The summed E-state index contributed by atoms with van der Waals surface area (Å²) >= 11 is 0. The summed E-state index contributed by atoms with van der Waals surface area (Å²) in [5, 5.41) is 3.02. The van der Waals surface area contributed by atoms with Crippen LogP contribution in [0.2, 0.25) is 0 Å². The zero-order valence-corrected chi connectivity index (χ0v) is 16.4. The first kappa shape index (κ1) is 18.9. The fourth-order valence-electron chi connectivity index (χ4n) is 3.79. The number of nitrogens with one attached hydrogen (secondary N) is 1. The van der Waals surface area contributed by atoms with Crippen molar-refractivity contribution in [1.29, 1.82) is 0 Å². The van der Waals surface area contributed by atoms with Crippen molar-refractivity contribution in [3.63, 3.8) is 0 Å². The first-order valence-electron chi connectivity index (χ1n) is 9.77. The van der Waals surface area contributed by atoms with E-state index in [0.29, 0.717) is 13.1 Å². The van der Waals surface area contributed by atoms with E-state index < -0.39 is 0 Å². The van der Waals surface area contributed by atoms with Crippen molar-refractivity contribution in [2.45, 2.75) is 65.7 Å². The molecule has 2 aliphatic heterocycles. The molecule has 1 aromatic heterocycles. The summed E-state index contributed by atoms with van der Waals surface area (Å²) in [5.41, 5.74) is 2.17. The zero-order chi connectivity index (χ0) is 18.7. The number of aryl methyl sites for hydroxylation is 1. The largest absolute Gasteiger partial charge is 0.372 e. The second-order valence-electron chi connectivity index (χ2n) is 7.44. The van der Waals surface area contributed by atoms with Crippen molar-refractivity contribution in [3.05, 3.63) is 17.1 Å². The number of hydrogen-bond acceptors (Lipinski definition) is 5. The number of amides is 2. The number of unbranched alkanes of at least 4 members (excludes halogenated alkanes) is 1. The summed E-state index contributed by atoms with van der Waals surface area (Å²) in [7, 11) is 0. The summed E-state index contributed by atoms with van der Waals surface area (Å²) < 4.78 is 5.87. The Morgan fingerprint density at radius 1 is 1.27 bits per heavy atom. The van der Waals surface area contributed by atoms with Crippen LogP contribution < -0.4 is 10.2 Å². The summed E-state index contributed by atoms with van der Waals surface area (Å²) in [4.78, 5) is 26.1. The average Bonchev–Trinajstić information content (AvgIpc) is 2.60. The number of rotatable bonds is 4. The monoisotopic (exact) mass is 361 g/mol. The zero-order valence-electron chi connectivity index (χ0n) is 16.4. The third-order valence-corrected chi connectivity index (χ3v) is 4.96. The van der Waals surface area contributed by atoms with Crippen LogP contribution in [0.3, 0.4) is 0 Å². The third kappa shape index (κ3) is 4.26. The Morgan fingerprint density at radius 2 is 2.00 bits per heavy atom. The van der Waals surface area contributed by atoms with Crippen LogP contribution in [0.5, 0.6) is 0 Å². The lowest BCUT2D eigenvalue weighted by Crippen LogP contribution is -2.48. The number of fused-ring (bicyclic) bond motifs is 1. The van der Waals surface area contributed by atoms with Gasteiger partial charge in [0.15, 0.2) is 0 Å². The summed E-state index contributed by atoms with van der Waals surface area (Å²) in [6.07, 6.45) is 3.20. The number of morpholine rings is 1. The van der Waals surface area contributed by atoms with Gasteiger partial charge < -0.3 is 19.9 Å². The first-order chi connectivity index (χ1) is 12.5. The van der Waals surface area contributed by atoms with Crippen LogP contribution in [-0.4, -0.2) is 59.3 Å². The number of nitrogens with zero attached hydrogens (tertiary/aromatic N) is 4. The normalized spacial score (nSPS) is 22.9. The van der Waals surface area contributed by atoms with Gasteiger partial charge in [0.1, 0.15) is 11.6 Å². The highest BCUT2D eigenvalue weighted by Crippen LogP contribution is 2.29. The molecule has 0 saturated carbocycles. The van der Waals surface area contributed by atoms with Gasteiger partial charge >= 0.3 is 6.03 Å². The van der Waals surface area contributed by atoms with Crippen LogP contribution in [0.4, 0.5) is 10.6 Å². The van der Waals surface area contributed by atoms with Gasteiger partial charge in [-0.1, -0.05) is 13.3 Å². The Hall–Kier alpha value is -1.89. The number of aromatic nitrogens is 2. The predicted octanol–water partition coefficient (Wildman–Crippen LogP) is 2.27. The highest BCUT2D eigenvalue weighted by atomic mass is 16.5. The first-order valence-corrected chi connectivity index (χ1v) is 9.77. The van der Waals surface area contributed by atoms with E-state index in [1.54, 1.807) is 0 Å². The molecule has 0 aromatic carbocycles. The third-order valence-electron chi connectivity index (χ3n) is 4.96. The Kier molecular flexibility index (Phi) is 5.96. The second-order valence-corrected chi connectivity index (χ2v) is 7.44.